The minimum Gasteiger partial charge on any atom is -0.507 e. The summed E-state index contributed by atoms with van der Waals surface area (Å²) in [5, 5.41) is 19.2. The summed E-state index contributed by atoms with van der Waals surface area (Å²) in [6.45, 7) is 0. The van der Waals surface area contributed by atoms with Crippen molar-refractivity contribution in [2.24, 2.45) is 4.99 Å². The molecule has 7 heteroatoms. The standard InChI is InChI=1S/C18H12ClNO3S2/c19-11-1-4-13(5-2-11)24-17-8-6-14(25-17)10-20-12-3-7-16(21)15(9-12)18(22)23/h1-10,21H,(H,22,23). The third-order valence-corrected chi connectivity index (χ3v) is 5.60. The van der Waals surface area contributed by atoms with Crippen molar-refractivity contribution < 1.29 is 15.0 Å². The fourth-order valence-electron chi connectivity index (χ4n) is 1.99. The summed E-state index contributed by atoms with van der Waals surface area (Å²) in [7, 11) is 0. The van der Waals surface area contributed by atoms with Crippen molar-refractivity contribution in [3.63, 3.8) is 0 Å². The molecule has 3 rings (SSSR count). The molecule has 0 fully saturated rings. The summed E-state index contributed by atoms with van der Waals surface area (Å²) in [6.07, 6.45) is 1.68. The Morgan fingerprint density at radius 1 is 1.12 bits per heavy atom. The third-order valence-electron chi connectivity index (χ3n) is 3.19. The van der Waals surface area contributed by atoms with E-state index in [4.69, 9.17) is 16.7 Å². The van der Waals surface area contributed by atoms with Gasteiger partial charge in [0.15, 0.2) is 0 Å². The normalized spacial score (nSPS) is 11.1. The van der Waals surface area contributed by atoms with Gasteiger partial charge in [0, 0.05) is 21.0 Å². The molecule has 0 aliphatic rings. The highest BCUT2D eigenvalue weighted by Crippen LogP contribution is 2.33. The quantitative estimate of drug-likeness (QED) is 0.548. The van der Waals surface area contributed by atoms with E-state index < -0.39 is 5.97 Å². The van der Waals surface area contributed by atoms with Crippen molar-refractivity contribution in [3.05, 3.63) is 70.1 Å². The lowest BCUT2D eigenvalue weighted by Crippen LogP contribution is -1.95. The molecular weight excluding hydrogens is 378 g/mol. The number of hydrogen-bond donors (Lipinski definition) is 2. The summed E-state index contributed by atoms with van der Waals surface area (Å²) in [4.78, 5) is 17.3. The zero-order valence-electron chi connectivity index (χ0n) is 12.7. The van der Waals surface area contributed by atoms with Crippen LogP contribution in [0.3, 0.4) is 0 Å². The van der Waals surface area contributed by atoms with Crippen LogP contribution in [0.4, 0.5) is 5.69 Å². The van der Waals surface area contributed by atoms with Crippen molar-refractivity contribution in [2.45, 2.75) is 9.10 Å². The number of aliphatic imine (C=N–C) groups is 1. The molecule has 2 aromatic carbocycles. The lowest BCUT2D eigenvalue weighted by Gasteiger charge is -2.00. The average Bonchev–Trinajstić information content (AvgIpc) is 3.03. The Kier molecular flexibility index (Phi) is 5.43. The lowest BCUT2D eigenvalue weighted by molar-refractivity contribution is 0.0694. The highest BCUT2D eigenvalue weighted by atomic mass is 35.5. The number of carboxylic acids is 1. The van der Waals surface area contributed by atoms with Gasteiger partial charge in [-0.15, -0.1) is 11.3 Å². The van der Waals surface area contributed by atoms with Gasteiger partial charge in [-0.25, -0.2) is 4.79 Å². The van der Waals surface area contributed by atoms with Crippen molar-refractivity contribution in [2.75, 3.05) is 0 Å². The van der Waals surface area contributed by atoms with Crippen LogP contribution in [-0.2, 0) is 0 Å². The molecule has 0 saturated heterocycles. The number of aromatic carboxylic acids is 1. The van der Waals surface area contributed by atoms with Gasteiger partial charge in [-0.1, -0.05) is 23.4 Å². The Balaban J connectivity index is 1.72. The van der Waals surface area contributed by atoms with Crippen LogP contribution in [0, 0.1) is 0 Å². The van der Waals surface area contributed by atoms with Crippen LogP contribution in [-0.4, -0.2) is 22.4 Å². The molecular formula is C18H12ClNO3S2. The molecule has 0 atom stereocenters. The predicted octanol–water partition coefficient (Wildman–Crippen LogP) is 5.71. The summed E-state index contributed by atoms with van der Waals surface area (Å²) in [6, 6.07) is 15.8. The smallest absolute Gasteiger partial charge is 0.339 e. The number of nitrogens with zero attached hydrogens (tertiary/aromatic N) is 1. The molecule has 25 heavy (non-hydrogen) atoms. The molecule has 0 amide bonds. The highest BCUT2D eigenvalue weighted by Gasteiger charge is 2.09. The van der Waals surface area contributed by atoms with E-state index in [0.29, 0.717) is 10.7 Å². The number of halogens is 1. The maximum Gasteiger partial charge on any atom is 0.339 e. The number of thiophene rings is 1. The van der Waals surface area contributed by atoms with E-state index in [1.165, 1.54) is 12.1 Å². The lowest BCUT2D eigenvalue weighted by atomic mass is 10.2. The fourth-order valence-corrected chi connectivity index (χ4v) is 4.11. The van der Waals surface area contributed by atoms with E-state index in [9.17, 15) is 9.90 Å². The summed E-state index contributed by atoms with van der Waals surface area (Å²) in [5.74, 6) is -1.46. The summed E-state index contributed by atoms with van der Waals surface area (Å²) >= 11 is 9.10. The first kappa shape index (κ1) is 17.5. The van der Waals surface area contributed by atoms with Crippen LogP contribution in [0.5, 0.6) is 5.75 Å². The van der Waals surface area contributed by atoms with E-state index in [2.05, 4.69) is 4.99 Å². The van der Waals surface area contributed by atoms with Gasteiger partial charge in [-0.3, -0.25) is 4.99 Å². The monoisotopic (exact) mass is 389 g/mol. The molecule has 0 spiro atoms. The van der Waals surface area contributed by atoms with E-state index in [1.807, 2.05) is 36.4 Å². The second kappa shape index (κ2) is 7.74. The van der Waals surface area contributed by atoms with E-state index in [0.717, 1.165) is 14.0 Å². The second-order valence-electron chi connectivity index (χ2n) is 4.98. The minimum atomic E-state index is -1.19. The van der Waals surface area contributed by atoms with Crippen LogP contribution >= 0.6 is 34.7 Å². The van der Waals surface area contributed by atoms with E-state index >= 15 is 0 Å². The first-order chi connectivity index (χ1) is 12.0. The Morgan fingerprint density at radius 2 is 1.88 bits per heavy atom. The molecule has 0 radical (unpaired) electrons. The molecule has 0 unspecified atom stereocenters. The fraction of sp³-hybridized carbons (Fsp3) is 0. The zero-order chi connectivity index (χ0) is 17.8. The Morgan fingerprint density at radius 3 is 2.60 bits per heavy atom. The van der Waals surface area contributed by atoms with Crippen molar-refractivity contribution in [1.29, 1.82) is 0 Å². The van der Waals surface area contributed by atoms with Crippen LogP contribution in [0.1, 0.15) is 15.2 Å². The number of aromatic hydroxyl groups is 1. The van der Waals surface area contributed by atoms with Crippen molar-refractivity contribution >= 4 is 52.6 Å². The Labute approximate surface area is 157 Å². The number of carbonyl (C=O) groups is 1. The second-order valence-corrected chi connectivity index (χ2v) is 7.90. The zero-order valence-corrected chi connectivity index (χ0v) is 15.1. The van der Waals surface area contributed by atoms with E-state index in [-0.39, 0.29) is 11.3 Å². The van der Waals surface area contributed by atoms with Gasteiger partial charge >= 0.3 is 5.97 Å². The number of carboxylic acid groups (broad SMARTS) is 1. The Bertz CT molecular complexity index is 936. The van der Waals surface area contributed by atoms with E-state index in [1.54, 1.807) is 35.4 Å². The molecule has 1 heterocycles. The topological polar surface area (TPSA) is 69.9 Å². The number of hydrogen-bond acceptors (Lipinski definition) is 5. The largest absolute Gasteiger partial charge is 0.507 e. The van der Waals surface area contributed by atoms with Gasteiger partial charge in [0.05, 0.1) is 9.90 Å². The minimum absolute atomic E-state index is 0.167. The SMILES string of the molecule is O=C(O)c1cc(N=Cc2ccc(Sc3ccc(Cl)cc3)s2)ccc1O. The maximum atomic E-state index is 11.0. The van der Waals surface area contributed by atoms with Gasteiger partial charge in [-0.05, 0) is 54.6 Å². The molecule has 1 aromatic heterocycles. The van der Waals surface area contributed by atoms with Gasteiger partial charge in [0.25, 0.3) is 0 Å². The number of benzene rings is 2. The van der Waals surface area contributed by atoms with Gasteiger partial charge < -0.3 is 10.2 Å². The average molecular weight is 390 g/mol. The number of phenols is 1. The maximum absolute atomic E-state index is 11.0. The predicted molar refractivity (Wildman–Crippen MR) is 102 cm³/mol. The summed E-state index contributed by atoms with van der Waals surface area (Å²) in [5.41, 5.74) is 0.301. The third kappa shape index (κ3) is 4.63. The molecule has 126 valence electrons. The summed E-state index contributed by atoms with van der Waals surface area (Å²) < 4.78 is 1.11. The van der Waals surface area contributed by atoms with Gasteiger partial charge in [0.1, 0.15) is 11.3 Å². The van der Waals surface area contributed by atoms with Crippen LogP contribution in [0.2, 0.25) is 5.02 Å². The molecule has 4 nitrogen and oxygen atoms in total. The molecule has 0 aliphatic heterocycles. The van der Waals surface area contributed by atoms with Crippen LogP contribution in [0.25, 0.3) is 0 Å². The van der Waals surface area contributed by atoms with Crippen molar-refractivity contribution in [3.8, 4) is 5.75 Å². The Hall–Kier alpha value is -2.28. The van der Waals surface area contributed by atoms with Gasteiger partial charge in [-0.2, -0.15) is 0 Å². The van der Waals surface area contributed by atoms with Crippen LogP contribution in [0.15, 0.2) is 68.7 Å². The number of rotatable bonds is 5. The molecule has 3 aromatic rings. The van der Waals surface area contributed by atoms with Gasteiger partial charge in [0.2, 0.25) is 0 Å². The molecule has 0 saturated carbocycles. The van der Waals surface area contributed by atoms with Crippen LogP contribution < -0.4 is 0 Å². The molecule has 0 bridgehead atoms. The highest BCUT2D eigenvalue weighted by molar-refractivity contribution is 8.01. The molecule has 2 N–H and O–H groups in total. The first-order valence-electron chi connectivity index (χ1n) is 7.15. The molecule has 0 aliphatic carbocycles. The van der Waals surface area contributed by atoms with Crippen molar-refractivity contribution in [1.82, 2.24) is 0 Å². The first-order valence-corrected chi connectivity index (χ1v) is 9.16.